The summed E-state index contributed by atoms with van der Waals surface area (Å²) in [6.45, 7) is 1.99. The number of thiazole rings is 1. The van der Waals surface area contributed by atoms with E-state index in [0.29, 0.717) is 24.0 Å². The summed E-state index contributed by atoms with van der Waals surface area (Å²) in [5, 5.41) is 1.81. The Bertz CT molecular complexity index is 1180. The summed E-state index contributed by atoms with van der Waals surface area (Å²) in [7, 11) is 0. The third kappa shape index (κ3) is 4.12. The molecular weight excluding hydrogens is 374 g/mol. The molecular formula is C22H19NO4S. The Kier molecular flexibility index (Phi) is 5.21. The molecule has 0 aliphatic rings. The molecule has 0 amide bonds. The molecule has 2 heterocycles. The van der Waals surface area contributed by atoms with Gasteiger partial charge in [0.15, 0.2) is 0 Å². The SMILES string of the molecule is Cc1ccc2c(COC(=O)CCCc3nc4ccccc4s3)cc(=O)oc2c1. The molecule has 0 radical (unpaired) electrons. The predicted octanol–water partition coefficient (Wildman–Crippen LogP) is 4.78. The van der Waals surface area contributed by atoms with Crippen molar-refractivity contribution in [3.63, 3.8) is 0 Å². The number of rotatable bonds is 6. The van der Waals surface area contributed by atoms with Gasteiger partial charge in [-0.15, -0.1) is 11.3 Å². The lowest BCUT2D eigenvalue weighted by molar-refractivity contribution is -0.145. The summed E-state index contributed by atoms with van der Waals surface area (Å²) in [6, 6.07) is 15.0. The van der Waals surface area contributed by atoms with Crippen LogP contribution in [0.5, 0.6) is 0 Å². The molecule has 0 saturated carbocycles. The van der Waals surface area contributed by atoms with E-state index in [1.54, 1.807) is 17.4 Å². The van der Waals surface area contributed by atoms with Crippen LogP contribution >= 0.6 is 11.3 Å². The van der Waals surface area contributed by atoms with Gasteiger partial charge in [0.25, 0.3) is 0 Å². The highest BCUT2D eigenvalue weighted by Crippen LogP contribution is 2.23. The van der Waals surface area contributed by atoms with Crippen LogP contribution in [0.25, 0.3) is 21.2 Å². The summed E-state index contributed by atoms with van der Waals surface area (Å²) >= 11 is 1.65. The average molecular weight is 393 g/mol. The number of aryl methyl sites for hydroxylation is 2. The topological polar surface area (TPSA) is 69.4 Å². The fraction of sp³-hybridized carbons (Fsp3) is 0.227. The zero-order chi connectivity index (χ0) is 19.5. The maximum absolute atomic E-state index is 12.1. The number of carbonyl (C=O) groups excluding carboxylic acids is 1. The minimum atomic E-state index is -0.444. The first-order valence-corrected chi connectivity index (χ1v) is 9.93. The number of para-hydroxylation sites is 1. The lowest BCUT2D eigenvalue weighted by atomic mass is 10.1. The third-order valence-electron chi connectivity index (χ3n) is 4.48. The third-order valence-corrected chi connectivity index (χ3v) is 5.58. The Balaban J connectivity index is 1.34. The molecule has 4 aromatic rings. The Morgan fingerprint density at radius 2 is 2.04 bits per heavy atom. The van der Waals surface area contributed by atoms with Gasteiger partial charge in [-0.2, -0.15) is 0 Å². The molecule has 28 heavy (non-hydrogen) atoms. The van der Waals surface area contributed by atoms with Crippen molar-refractivity contribution in [3.05, 3.63) is 75.1 Å². The van der Waals surface area contributed by atoms with E-state index in [4.69, 9.17) is 9.15 Å². The highest BCUT2D eigenvalue weighted by molar-refractivity contribution is 7.18. The van der Waals surface area contributed by atoms with Crippen molar-refractivity contribution in [1.29, 1.82) is 0 Å². The molecule has 0 aliphatic heterocycles. The van der Waals surface area contributed by atoms with Gasteiger partial charge in [0, 0.05) is 23.4 Å². The molecule has 4 rings (SSSR count). The van der Waals surface area contributed by atoms with E-state index in [1.165, 1.54) is 6.07 Å². The largest absolute Gasteiger partial charge is 0.461 e. The Morgan fingerprint density at radius 1 is 1.18 bits per heavy atom. The molecule has 2 aromatic carbocycles. The second-order valence-corrected chi connectivity index (χ2v) is 7.80. The quantitative estimate of drug-likeness (QED) is 0.348. The number of aromatic nitrogens is 1. The van der Waals surface area contributed by atoms with Gasteiger partial charge < -0.3 is 9.15 Å². The summed E-state index contributed by atoms with van der Waals surface area (Å²) in [5.74, 6) is -0.283. The molecule has 0 bridgehead atoms. The minimum Gasteiger partial charge on any atom is -0.461 e. The van der Waals surface area contributed by atoms with Gasteiger partial charge in [-0.25, -0.2) is 9.78 Å². The van der Waals surface area contributed by atoms with Gasteiger partial charge in [0.05, 0.1) is 15.2 Å². The summed E-state index contributed by atoms with van der Waals surface area (Å²) < 4.78 is 11.8. The molecule has 0 atom stereocenters. The van der Waals surface area contributed by atoms with E-state index >= 15 is 0 Å². The molecule has 142 valence electrons. The van der Waals surface area contributed by atoms with Crippen LogP contribution in [-0.2, 0) is 22.6 Å². The highest BCUT2D eigenvalue weighted by Gasteiger charge is 2.10. The van der Waals surface area contributed by atoms with Crippen LogP contribution in [0, 0.1) is 6.92 Å². The average Bonchev–Trinajstić information content (AvgIpc) is 3.08. The number of hydrogen-bond donors (Lipinski definition) is 0. The van der Waals surface area contributed by atoms with Crippen molar-refractivity contribution < 1.29 is 13.9 Å². The first-order chi connectivity index (χ1) is 13.6. The van der Waals surface area contributed by atoms with Crippen molar-refractivity contribution in [1.82, 2.24) is 4.98 Å². The van der Waals surface area contributed by atoms with Gasteiger partial charge in [-0.05, 0) is 43.5 Å². The zero-order valence-electron chi connectivity index (χ0n) is 15.4. The maximum Gasteiger partial charge on any atom is 0.336 e. The van der Waals surface area contributed by atoms with Crippen LogP contribution in [0.4, 0.5) is 0 Å². The van der Waals surface area contributed by atoms with Gasteiger partial charge in [-0.3, -0.25) is 4.79 Å². The van der Waals surface area contributed by atoms with Crippen molar-refractivity contribution in [3.8, 4) is 0 Å². The van der Waals surface area contributed by atoms with E-state index in [1.807, 2.05) is 43.3 Å². The Hall–Kier alpha value is -2.99. The van der Waals surface area contributed by atoms with E-state index in [9.17, 15) is 9.59 Å². The van der Waals surface area contributed by atoms with Crippen LogP contribution in [0.3, 0.4) is 0 Å². The summed E-state index contributed by atoms with van der Waals surface area (Å²) in [6.07, 6.45) is 1.73. The minimum absolute atomic E-state index is 0.0606. The molecule has 5 nitrogen and oxygen atoms in total. The monoisotopic (exact) mass is 393 g/mol. The fourth-order valence-corrected chi connectivity index (χ4v) is 4.11. The second kappa shape index (κ2) is 7.94. The van der Waals surface area contributed by atoms with Crippen LogP contribution in [0.15, 0.2) is 57.7 Å². The molecule has 0 saturated heterocycles. The standard InChI is InChI=1S/C22H19NO4S/c1-14-9-10-16-15(12-22(25)27-18(16)11-14)13-26-21(24)8-4-7-20-23-17-5-2-3-6-19(17)28-20/h2-3,5-6,9-12H,4,7-8,13H2,1H3. The van der Waals surface area contributed by atoms with Crippen LogP contribution in [0.1, 0.15) is 29.0 Å². The van der Waals surface area contributed by atoms with Gasteiger partial charge >= 0.3 is 11.6 Å². The molecule has 0 N–H and O–H groups in total. The van der Waals surface area contributed by atoms with Crippen molar-refractivity contribution in [2.45, 2.75) is 32.8 Å². The summed E-state index contributed by atoms with van der Waals surface area (Å²) in [4.78, 5) is 28.4. The lowest BCUT2D eigenvalue weighted by Gasteiger charge is -2.07. The number of hydrogen-bond acceptors (Lipinski definition) is 6. The van der Waals surface area contributed by atoms with E-state index in [-0.39, 0.29) is 12.6 Å². The van der Waals surface area contributed by atoms with Gasteiger partial charge in [0.1, 0.15) is 12.2 Å². The van der Waals surface area contributed by atoms with Gasteiger partial charge in [0.2, 0.25) is 0 Å². The molecule has 0 aliphatic carbocycles. The second-order valence-electron chi connectivity index (χ2n) is 6.68. The van der Waals surface area contributed by atoms with Crippen LogP contribution in [-0.4, -0.2) is 11.0 Å². The maximum atomic E-state index is 12.1. The number of ether oxygens (including phenoxy) is 1. The van der Waals surface area contributed by atoms with E-state index in [2.05, 4.69) is 4.98 Å². The van der Waals surface area contributed by atoms with Gasteiger partial charge in [-0.1, -0.05) is 24.3 Å². The Labute approximate surface area is 165 Å². The number of nitrogens with zero attached hydrogens (tertiary/aromatic N) is 1. The molecule has 0 unspecified atom stereocenters. The highest BCUT2D eigenvalue weighted by atomic mass is 32.1. The number of carbonyl (C=O) groups is 1. The Morgan fingerprint density at radius 3 is 2.89 bits per heavy atom. The fourth-order valence-electron chi connectivity index (χ4n) is 3.10. The number of benzene rings is 2. The first-order valence-electron chi connectivity index (χ1n) is 9.12. The number of esters is 1. The summed E-state index contributed by atoms with van der Waals surface area (Å²) in [5.41, 5.74) is 2.72. The number of fused-ring (bicyclic) bond motifs is 2. The van der Waals surface area contributed by atoms with Crippen LogP contribution in [0.2, 0.25) is 0 Å². The van der Waals surface area contributed by atoms with E-state index < -0.39 is 5.63 Å². The van der Waals surface area contributed by atoms with Crippen molar-refractivity contribution >= 4 is 38.5 Å². The first kappa shape index (κ1) is 18.4. The smallest absolute Gasteiger partial charge is 0.336 e. The van der Waals surface area contributed by atoms with Crippen molar-refractivity contribution in [2.75, 3.05) is 0 Å². The molecule has 6 heteroatoms. The van der Waals surface area contributed by atoms with E-state index in [0.717, 1.165) is 32.6 Å². The molecule has 0 spiro atoms. The normalized spacial score (nSPS) is 11.2. The zero-order valence-corrected chi connectivity index (χ0v) is 16.3. The lowest BCUT2D eigenvalue weighted by Crippen LogP contribution is -2.08. The predicted molar refractivity (Wildman–Crippen MR) is 110 cm³/mol. The van der Waals surface area contributed by atoms with Crippen LogP contribution < -0.4 is 5.63 Å². The molecule has 2 aromatic heterocycles. The van der Waals surface area contributed by atoms with Crippen molar-refractivity contribution in [2.24, 2.45) is 0 Å². The molecule has 0 fully saturated rings.